The van der Waals surface area contributed by atoms with Gasteiger partial charge in [0.1, 0.15) is 17.3 Å². The predicted molar refractivity (Wildman–Crippen MR) is 149 cm³/mol. The van der Waals surface area contributed by atoms with Gasteiger partial charge < -0.3 is 18.9 Å². The van der Waals surface area contributed by atoms with Crippen molar-refractivity contribution >= 4 is 24.0 Å². The SMILES string of the molecule is C=C(/C=C\C(=C)OC(=O)c1ccc(C2=CC=C(C3=CC=C(OC(=O)C(=C)F)CC3)CC2)cc1)OCCCOC=O. The Morgan fingerprint density at radius 3 is 2.05 bits per heavy atom. The highest BCUT2D eigenvalue weighted by atomic mass is 19.1. The van der Waals surface area contributed by atoms with Gasteiger partial charge >= 0.3 is 11.9 Å². The quantitative estimate of drug-likeness (QED) is 0.0486. The normalized spacial score (nSPS) is 14.6. The van der Waals surface area contributed by atoms with Crippen molar-refractivity contribution in [1.29, 1.82) is 0 Å². The molecule has 0 saturated carbocycles. The van der Waals surface area contributed by atoms with Crippen molar-refractivity contribution in [2.24, 2.45) is 0 Å². The lowest BCUT2D eigenvalue weighted by Crippen LogP contribution is -2.07. The standard InChI is InChI=1S/C32H31FO7/c1-22(38-20-4-19-37-21-34)5-6-23(2)39-32(36)29-13-11-27(12-14-29)25-7-9-26(10-8-25)28-15-17-30(18-16-28)40-31(35)24(3)33/h5-7,9,11-15,17,21H,1-4,8,10,16,18-20H2/b6-5-. The number of ether oxygens (including phenoxy) is 4. The lowest BCUT2D eigenvalue weighted by molar-refractivity contribution is -0.137. The van der Waals surface area contributed by atoms with Gasteiger partial charge in [0.05, 0.1) is 18.8 Å². The molecule has 0 radical (unpaired) electrons. The van der Waals surface area contributed by atoms with Crippen LogP contribution in [0.1, 0.15) is 48.0 Å². The highest BCUT2D eigenvalue weighted by molar-refractivity contribution is 5.90. The molecule has 8 heteroatoms. The summed E-state index contributed by atoms with van der Waals surface area (Å²) in [5, 5.41) is 0. The van der Waals surface area contributed by atoms with E-state index in [-0.39, 0.29) is 12.4 Å². The first-order chi connectivity index (χ1) is 19.3. The fourth-order valence-electron chi connectivity index (χ4n) is 3.95. The molecule has 0 atom stereocenters. The molecule has 1 aromatic carbocycles. The zero-order valence-electron chi connectivity index (χ0n) is 22.2. The van der Waals surface area contributed by atoms with Gasteiger partial charge in [0, 0.05) is 12.8 Å². The minimum absolute atomic E-state index is 0.140. The van der Waals surface area contributed by atoms with Crippen molar-refractivity contribution in [2.75, 3.05) is 13.2 Å². The van der Waals surface area contributed by atoms with Gasteiger partial charge in [-0.3, -0.25) is 4.79 Å². The molecule has 0 aromatic heterocycles. The molecule has 208 valence electrons. The van der Waals surface area contributed by atoms with Gasteiger partial charge in [-0.1, -0.05) is 50.1 Å². The molecule has 3 rings (SSSR count). The zero-order chi connectivity index (χ0) is 28.9. The maximum Gasteiger partial charge on any atom is 0.371 e. The van der Waals surface area contributed by atoms with Crippen LogP contribution >= 0.6 is 0 Å². The van der Waals surface area contributed by atoms with Crippen LogP contribution in [0.25, 0.3) is 5.57 Å². The fourth-order valence-corrected chi connectivity index (χ4v) is 3.95. The molecule has 0 unspecified atom stereocenters. The van der Waals surface area contributed by atoms with E-state index in [1.54, 1.807) is 18.2 Å². The van der Waals surface area contributed by atoms with Crippen LogP contribution in [-0.4, -0.2) is 31.6 Å². The summed E-state index contributed by atoms with van der Waals surface area (Å²) < 4.78 is 33.0. The second-order valence-electron chi connectivity index (χ2n) is 8.90. The van der Waals surface area contributed by atoms with E-state index < -0.39 is 17.8 Å². The molecule has 40 heavy (non-hydrogen) atoms. The molecule has 0 fully saturated rings. The second kappa shape index (κ2) is 15.0. The Labute approximate surface area is 232 Å². The van der Waals surface area contributed by atoms with Crippen LogP contribution in [0, 0.1) is 0 Å². The Bertz CT molecular complexity index is 1320. The Balaban J connectivity index is 1.51. The van der Waals surface area contributed by atoms with Crippen LogP contribution in [0.15, 0.2) is 115 Å². The van der Waals surface area contributed by atoms with E-state index in [9.17, 15) is 18.8 Å². The van der Waals surface area contributed by atoms with Crippen LogP contribution in [0.2, 0.25) is 0 Å². The summed E-state index contributed by atoms with van der Waals surface area (Å²) in [5.41, 5.74) is 4.90. The average molecular weight is 547 g/mol. The third-order valence-electron chi connectivity index (χ3n) is 6.05. The number of allylic oxidation sites excluding steroid dienone is 10. The second-order valence-corrected chi connectivity index (χ2v) is 8.90. The van der Waals surface area contributed by atoms with Crippen molar-refractivity contribution in [1.82, 2.24) is 0 Å². The van der Waals surface area contributed by atoms with E-state index in [1.165, 1.54) is 17.7 Å². The summed E-state index contributed by atoms with van der Waals surface area (Å²) in [6.07, 6.45) is 14.2. The average Bonchev–Trinajstić information content (AvgIpc) is 2.96. The summed E-state index contributed by atoms with van der Waals surface area (Å²) in [6, 6.07) is 7.18. The number of halogens is 1. The number of carbonyl (C=O) groups is 3. The van der Waals surface area contributed by atoms with Crippen LogP contribution in [0.4, 0.5) is 4.39 Å². The van der Waals surface area contributed by atoms with E-state index in [0.29, 0.717) is 49.4 Å². The maximum absolute atomic E-state index is 12.8. The molecule has 1 aromatic rings. The number of carbonyl (C=O) groups excluding carboxylic acids is 3. The lowest BCUT2D eigenvalue weighted by Gasteiger charge is -2.20. The van der Waals surface area contributed by atoms with Gasteiger partial charge in [0.25, 0.3) is 6.47 Å². The summed E-state index contributed by atoms with van der Waals surface area (Å²) in [5.74, 6) is -1.78. The Kier molecular flexibility index (Phi) is 11.2. The molecule has 0 spiro atoms. The van der Waals surface area contributed by atoms with E-state index >= 15 is 0 Å². The Morgan fingerprint density at radius 2 is 1.45 bits per heavy atom. The van der Waals surface area contributed by atoms with Crippen LogP contribution < -0.4 is 0 Å². The first-order valence-corrected chi connectivity index (χ1v) is 12.7. The molecule has 0 saturated heterocycles. The van der Waals surface area contributed by atoms with Crippen molar-refractivity contribution in [2.45, 2.75) is 32.1 Å². The smallest absolute Gasteiger partial charge is 0.371 e. The first-order valence-electron chi connectivity index (χ1n) is 12.7. The minimum Gasteiger partial charge on any atom is -0.494 e. The van der Waals surface area contributed by atoms with Gasteiger partial charge in [-0.2, -0.15) is 4.39 Å². The van der Waals surface area contributed by atoms with E-state index in [1.807, 2.05) is 18.2 Å². The predicted octanol–water partition coefficient (Wildman–Crippen LogP) is 6.74. The molecule has 0 aliphatic heterocycles. The molecular weight excluding hydrogens is 515 g/mol. The minimum atomic E-state index is -1.11. The van der Waals surface area contributed by atoms with Crippen LogP contribution in [0.5, 0.6) is 0 Å². The van der Waals surface area contributed by atoms with Crippen molar-refractivity contribution in [3.8, 4) is 0 Å². The number of hydrogen-bond donors (Lipinski definition) is 0. The molecule has 0 N–H and O–H groups in total. The van der Waals surface area contributed by atoms with Crippen LogP contribution in [0.3, 0.4) is 0 Å². The third-order valence-corrected chi connectivity index (χ3v) is 6.05. The number of rotatable bonds is 14. The van der Waals surface area contributed by atoms with E-state index in [4.69, 9.17) is 14.2 Å². The molecular formula is C32H31FO7. The lowest BCUT2D eigenvalue weighted by atomic mass is 9.87. The summed E-state index contributed by atoms with van der Waals surface area (Å²) in [4.78, 5) is 33.9. The van der Waals surface area contributed by atoms with Gasteiger partial charge in [-0.25, -0.2) is 9.59 Å². The highest BCUT2D eigenvalue weighted by Gasteiger charge is 2.18. The van der Waals surface area contributed by atoms with E-state index in [2.05, 4.69) is 36.6 Å². The molecule has 7 nitrogen and oxygen atoms in total. The van der Waals surface area contributed by atoms with Gasteiger partial charge in [-0.05, 0) is 71.9 Å². The summed E-state index contributed by atoms with van der Waals surface area (Å²) >= 11 is 0. The molecule has 0 amide bonds. The summed E-state index contributed by atoms with van der Waals surface area (Å²) in [7, 11) is 0. The highest BCUT2D eigenvalue weighted by Crippen LogP contribution is 2.34. The zero-order valence-corrected chi connectivity index (χ0v) is 22.2. The van der Waals surface area contributed by atoms with Crippen molar-refractivity contribution in [3.05, 3.63) is 126 Å². The van der Waals surface area contributed by atoms with Crippen LogP contribution in [-0.2, 0) is 28.5 Å². The molecule has 2 aliphatic rings. The Hall–Kier alpha value is -4.72. The largest absolute Gasteiger partial charge is 0.494 e. The Morgan fingerprint density at radius 1 is 0.825 bits per heavy atom. The summed E-state index contributed by atoms with van der Waals surface area (Å²) in [6.45, 7) is 11.4. The monoisotopic (exact) mass is 546 g/mol. The van der Waals surface area contributed by atoms with Crippen molar-refractivity contribution in [3.63, 3.8) is 0 Å². The third kappa shape index (κ3) is 9.23. The maximum atomic E-state index is 12.8. The van der Waals surface area contributed by atoms with Gasteiger partial charge in [0.2, 0.25) is 5.83 Å². The number of benzene rings is 1. The molecule has 0 bridgehead atoms. The van der Waals surface area contributed by atoms with Crippen molar-refractivity contribution < 1.29 is 37.7 Å². The van der Waals surface area contributed by atoms with Gasteiger partial charge in [0.15, 0.2) is 0 Å². The van der Waals surface area contributed by atoms with Gasteiger partial charge in [-0.15, -0.1) is 0 Å². The topological polar surface area (TPSA) is 88.1 Å². The first kappa shape index (κ1) is 29.8. The number of esters is 2. The van der Waals surface area contributed by atoms with E-state index in [0.717, 1.165) is 29.6 Å². The molecule has 0 heterocycles. The molecule has 2 aliphatic carbocycles. The number of hydrogen-bond acceptors (Lipinski definition) is 7. The fraction of sp³-hybridized carbons (Fsp3) is 0.219.